The van der Waals surface area contributed by atoms with Gasteiger partial charge in [0.25, 0.3) is 0 Å². The maximum Gasteiger partial charge on any atom is 0.127 e. The summed E-state index contributed by atoms with van der Waals surface area (Å²) in [5, 5.41) is 11.3. The number of aromatic hydroxyl groups is 1. The van der Waals surface area contributed by atoms with Crippen LogP contribution < -0.4 is 4.74 Å². The first-order chi connectivity index (χ1) is 20.3. The third-order valence-electron chi connectivity index (χ3n) is 3.56. The predicted octanol–water partition coefficient (Wildman–Crippen LogP) is 5.74. The summed E-state index contributed by atoms with van der Waals surface area (Å²) in [4.78, 5) is 0. The SMILES string of the molecule is [2H]c1c(C([2H])([2H])C([2H])([2H])C([2H])([2H])C([2H])([2H])C([2H])([2H])[2H])cc2c(c1O)[C@]1([2H])C=C(C([2H])([2H])[2H])C([2H])([2H])C[C@H]1C(C([2H])([2H])[2H])(C([2H])([2H])[2H])O2. The van der Waals surface area contributed by atoms with E-state index in [9.17, 15) is 6.48 Å². The van der Waals surface area contributed by atoms with E-state index in [-0.39, 0.29) is 6.07 Å². The Morgan fingerprint density at radius 1 is 1.57 bits per heavy atom. The number of phenolic OH excluding ortho intramolecular Hbond substituents is 1. The molecule has 1 heterocycles. The summed E-state index contributed by atoms with van der Waals surface area (Å²) in [7, 11) is 0. The van der Waals surface area contributed by atoms with E-state index in [2.05, 4.69) is 0 Å². The van der Waals surface area contributed by atoms with Gasteiger partial charge in [0.2, 0.25) is 0 Å². The van der Waals surface area contributed by atoms with Crippen LogP contribution in [0.25, 0.3) is 0 Å². The summed E-state index contributed by atoms with van der Waals surface area (Å²) in [5.41, 5.74) is -7.10. The van der Waals surface area contributed by atoms with Gasteiger partial charge in [-0.1, -0.05) is 31.2 Å². The molecule has 0 saturated heterocycles. The van der Waals surface area contributed by atoms with E-state index in [1.165, 1.54) is 0 Å². The molecule has 0 fully saturated rings. The van der Waals surface area contributed by atoms with E-state index in [1.54, 1.807) is 0 Å². The molecule has 2 nitrogen and oxygen atoms in total. The number of rotatable bonds is 4. The Bertz CT molecular complexity index is 1440. The average Bonchev–Trinajstić information content (AvgIpc) is 2.82. The quantitative estimate of drug-likeness (QED) is 0.710. The Labute approximate surface area is 174 Å². The zero-order valence-electron chi connectivity index (χ0n) is 35.8. The summed E-state index contributed by atoms with van der Waals surface area (Å²) >= 11 is 0. The third-order valence-corrected chi connectivity index (χ3v) is 3.56. The fourth-order valence-corrected chi connectivity index (χ4v) is 2.59. The van der Waals surface area contributed by atoms with Gasteiger partial charge in [0.15, 0.2) is 0 Å². The van der Waals surface area contributed by atoms with E-state index >= 15 is 0 Å². The third kappa shape index (κ3) is 3.13. The second-order valence-corrected chi connectivity index (χ2v) is 5.06. The number of phenols is 1. The molecule has 2 heteroatoms. The molecule has 1 aromatic rings. The second-order valence-electron chi connectivity index (χ2n) is 5.06. The van der Waals surface area contributed by atoms with Crippen molar-refractivity contribution in [3.63, 3.8) is 0 Å². The molecule has 2 atom stereocenters. The lowest BCUT2D eigenvalue weighted by molar-refractivity contribution is 0.0107. The fraction of sp³-hybridized carbons (Fsp3) is 0.619. The van der Waals surface area contributed by atoms with Crippen LogP contribution in [-0.4, -0.2) is 10.7 Å². The van der Waals surface area contributed by atoms with Gasteiger partial charge in [0.05, 0.1) is 1.37 Å². The Kier molecular flexibility index (Phi) is 1.09. The van der Waals surface area contributed by atoms with Crippen molar-refractivity contribution in [2.45, 2.75) is 77.2 Å². The van der Waals surface area contributed by atoms with Gasteiger partial charge in [0.1, 0.15) is 17.1 Å². The molecule has 0 spiro atoms. The topological polar surface area (TPSA) is 29.5 Å². The minimum Gasteiger partial charge on any atom is -0.507 e. The molecular weight excluding hydrogens is 284 g/mol. The highest BCUT2D eigenvalue weighted by Crippen LogP contribution is 2.53. The van der Waals surface area contributed by atoms with Crippen molar-refractivity contribution >= 4 is 0 Å². The molecule has 0 bridgehead atoms. The molecule has 0 radical (unpaired) electrons. The van der Waals surface area contributed by atoms with Gasteiger partial charge in [-0.05, 0) is 63.8 Å². The molecule has 0 saturated carbocycles. The monoisotopic (exact) mass is 338 g/mol. The zero-order chi connectivity index (χ0) is 37.4. The number of hydrogen-bond acceptors (Lipinski definition) is 2. The van der Waals surface area contributed by atoms with Crippen LogP contribution in [0.1, 0.15) is 109 Å². The molecule has 2 aliphatic rings. The summed E-state index contributed by atoms with van der Waals surface area (Å²) in [6.45, 7) is -14.8. The minimum absolute atomic E-state index is 0.279. The lowest BCUT2D eigenvalue weighted by atomic mass is 9.68. The molecule has 1 aromatic carbocycles. The van der Waals surface area contributed by atoms with Crippen LogP contribution in [0.3, 0.4) is 0 Å². The first kappa shape index (κ1) is 4.03. The Morgan fingerprint density at radius 3 is 3.26 bits per heavy atom. The standard InChI is InChI=1S/C21H30O2/c1-5-6-7-8-15-12-18(22)20-16-11-14(2)9-10-17(16)21(3,4)23-19(20)13-15/h11-13,16-17,22H,5-10H2,1-4H3/t16-,17-/m1/s1/i1D3,2D3,3D3,4D3,5D2,6D2,7D2,8D2,9D2,12D,16D. The van der Waals surface area contributed by atoms with Crippen molar-refractivity contribution in [3.05, 3.63) is 34.9 Å². The minimum atomic E-state index is -4.23. The van der Waals surface area contributed by atoms with Gasteiger partial charge in [0, 0.05) is 48.9 Å². The number of allylic oxidation sites excluding steroid dienone is 2. The van der Waals surface area contributed by atoms with Crippen molar-refractivity contribution in [1.29, 1.82) is 0 Å². The van der Waals surface area contributed by atoms with Crippen molar-refractivity contribution in [2.75, 3.05) is 0 Å². The predicted molar refractivity (Wildman–Crippen MR) is 95.3 cm³/mol. The van der Waals surface area contributed by atoms with E-state index in [1.807, 2.05) is 0 Å². The fourth-order valence-electron chi connectivity index (χ4n) is 2.59. The molecule has 23 heavy (non-hydrogen) atoms. The Balaban J connectivity index is 2.55. The van der Waals surface area contributed by atoms with Crippen LogP contribution >= 0.6 is 0 Å². The van der Waals surface area contributed by atoms with E-state index in [0.717, 1.165) is 0 Å². The summed E-state index contributed by atoms with van der Waals surface area (Å²) in [6, 6.07) is -1.16. The van der Waals surface area contributed by atoms with Gasteiger partial charge in [-0.15, -0.1) is 0 Å². The average molecular weight is 339 g/mol. The maximum absolute atomic E-state index is 11.3. The van der Waals surface area contributed by atoms with Crippen LogP contribution in [0.2, 0.25) is 0 Å². The van der Waals surface area contributed by atoms with Crippen LogP contribution in [0.15, 0.2) is 23.8 Å². The van der Waals surface area contributed by atoms with Crippen molar-refractivity contribution in [3.8, 4) is 11.5 Å². The lowest BCUT2D eigenvalue weighted by Gasteiger charge is -2.46. The van der Waals surface area contributed by atoms with Crippen LogP contribution in [0.5, 0.6) is 11.5 Å². The molecule has 1 N–H and O–H groups in total. The number of fused-ring (bicyclic) bond motifs is 3. The molecule has 126 valence electrons. The van der Waals surface area contributed by atoms with Gasteiger partial charge in [-0.25, -0.2) is 0 Å². The zero-order valence-corrected chi connectivity index (χ0v) is 11.8. The number of hydrogen-bond donors (Lipinski definition) is 1. The van der Waals surface area contributed by atoms with Crippen molar-refractivity contribution in [1.82, 2.24) is 0 Å². The van der Waals surface area contributed by atoms with E-state index < -0.39 is 117 Å². The molecule has 0 unspecified atom stereocenters. The highest BCUT2D eigenvalue weighted by atomic mass is 16.5. The second kappa shape index (κ2) is 6.22. The first-order valence-electron chi connectivity index (χ1n) is 18.6. The van der Waals surface area contributed by atoms with Gasteiger partial charge in [-0.3, -0.25) is 0 Å². The van der Waals surface area contributed by atoms with Crippen LogP contribution in [0.4, 0.5) is 0 Å². The highest BCUT2D eigenvalue weighted by molar-refractivity contribution is 5.53. The summed E-state index contributed by atoms with van der Waals surface area (Å²) < 4.78 is 200. The van der Waals surface area contributed by atoms with E-state index in [0.29, 0.717) is 6.08 Å². The molecule has 3 rings (SSSR count). The molecule has 1 aliphatic carbocycles. The normalized spacial score (nSPS) is 50.6. The Morgan fingerprint density at radius 2 is 2.48 bits per heavy atom. The van der Waals surface area contributed by atoms with Crippen LogP contribution in [-0.2, 0) is 6.37 Å². The van der Waals surface area contributed by atoms with E-state index in [4.69, 9.17) is 36.3 Å². The molecular formula is C21H30O2. The first-order valence-corrected chi connectivity index (χ1v) is 6.63. The molecule has 0 aromatic heterocycles. The largest absolute Gasteiger partial charge is 0.507 e. The molecule has 1 aliphatic heterocycles. The van der Waals surface area contributed by atoms with Crippen molar-refractivity contribution in [2.24, 2.45) is 5.92 Å². The highest BCUT2D eigenvalue weighted by Gasteiger charge is 2.45. The maximum atomic E-state index is 11.3. The molecule has 0 amide bonds. The lowest BCUT2D eigenvalue weighted by Crippen LogP contribution is -2.45. The smallest absolute Gasteiger partial charge is 0.127 e. The van der Waals surface area contributed by atoms with Gasteiger partial charge in [-0.2, -0.15) is 0 Å². The van der Waals surface area contributed by atoms with Crippen molar-refractivity contribution < 1.29 is 42.7 Å². The summed E-state index contributed by atoms with van der Waals surface area (Å²) in [5.74, 6) is -8.08. The number of benzene rings is 1. The number of ether oxygens (including phenoxy) is 1. The van der Waals surface area contributed by atoms with Gasteiger partial charge < -0.3 is 9.84 Å². The van der Waals surface area contributed by atoms with Gasteiger partial charge >= 0.3 is 0 Å². The van der Waals surface area contributed by atoms with Crippen LogP contribution in [0, 0.1) is 5.92 Å². The number of aryl methyl sites for hydroxylation is 1. The summed E-state index contributed by atoms with van der Waals surface area (Å²) in [6.07, 6.45) is -20.4. The Hall–Kier alpha value is -1.44.